The van der Waals surface area contributed by atoms with Crippen molar-refractivity contribution in [2.45, 2.75) is 6.92 Å². The first-order valence-corrected chi connectivity index (χ1v) is 6.55. The number of anilines is 1. The Bertz CT molecular complexity index is 696. The molecule has 22 heavy (non-hydrogen) atoms. The number of pyridine rings is 1. The molecule has 0 bridgehead atoms. The van der Waals surface area contributed by atoms with E-state index in [1.807, 2.05) is 0 Å². The third-order valence-corrected chi connectivity index (χ3v) is 3.10. The summed E-state index contributed by atoms with van der Waals surface area (Å²) < 4.78 is 9.60. The van der Waals surface area contributed by atoms with E-state index in [1.165, 1.54) is 20.4 Å². The number of ether oxygens (including phenoxy) is 2. The van der Waals surface area contributed by atoms with Gasteiger partial charge in [-0.1, -0.05) is 0 Å². The lowest BCUT2D eigenvalue weighted by atomic mass is 10.1. The van der Waals surface area contributed by atoms with E-state index >= 15 is 0 Å². The van der Waals surface area contributed by atoms with Crippen molar-refractivity contribution in [2.24, 2.45) is 0 Å². The molecular weight excluding hydrogens is 284 g/mol. The summed E-state index contributed by atoms with van der Waals surface area (Å²) >= 11 is 0. The summed E-state index contributed by atoms with van der Waals surface area (Å²) in [6.45, 7) is 1.80. The zero-order chi connectivity index (χ0) is 16.1. The average molecular weight is 300 g/mol. The van der Waals surface area contributed by atoms with Crippen molar-refractivity contribution in [3.63, 3.8) is 0 Å². The van der Waals surface area contributed by atoms with Gasteiger partial charge in [-0.15, -0.1) is 0 Å². The molecule has 1 N–H and O–H groups in total. The minimum Gasteiger partial charge on any atom is -0.481 e. The summed E-state index contributed by atoms with van der Waals surface area (Å²) in [4.78, 5) is 27.6. The Kier molecular flexibility index (Phi) is 4.73. The molecule has 6 nitrogen and oxygen atoms in total. The molecule has 0 saturated heterocycles. The van der Waals surface area contributed by atoms with Crippen LogP contribution >= 0.6 is 0 Å². The molecule has 0 fully saturated rings. The van der Waals surface area contributed by atoms with E-state index in [9.17, 15) is 9.59 Å². The number of hydrogen-bond donors (Lipinski definition) is 1. The molecule has 2 rings (SSSR count). The van der Waals surface area contributed by atoms with Crippen LogP contribution in [0.2, 0.25) is 0 Å². The Labute approximate surface area is 128 Å². The molecular formula is C16H16N2O4. The van der Waals surface area contributed by atoms with E-state index in [2.05, 4.69) is 15.0 Å². The van der Waals surface area contributed by atoms with Crippen LogP contribution in [-0.2, 0) is 4.74 Å². The average Bonchev–Trinajstić information content (AvgIpc) is 2.55. The number of aromatic nitrogens is 1. The molecule has 0 atom stereocenters. The van der Waals surface area contributed by atoms with Crippen molar-refractivity contribution in [1.82, 2.24) is 4.98 Å². The van der Waals surface area contributed by atoms with E-state index in [1.54, 1.807) is 37.3 Å². The SMILES string of the molecule is COC(=O)c1ccc(NC(=O)c2ccc(OC)nc2)c(C)c1. The molecule has 0 saturated carbocycles. The van der Waals surface area contributed by atoms with Crippen LogP contribution in [-0.4, -0.2) is 31.1 Å². The molecule has 6 heteroatoms. The first-order chi connectivity index (χ1) is 10.5. The van der Waals surface area contributed by atoms with Crippen LogP contribution in [0.1, 0.15) is 26.3 Å². The molecule has 1 amide bonds. The third-order valence-electron chi connectivity index (χ3n) is 3.10. The Morgan fingerprint density at radius 3 is 2.36 bits per heavy atom. The molecule has 0 radical (unpaired) electrons. The van der Waals surface area contributed by atoms with Gasteiger partial charge in [-0.2, -0.15) is 0 Å². The van der Waals surface area contributed by atoms with E-state index in [-0.39, 0.29) is 5.91 Å². The summed E-state index contributed by atoms with van der Waals surface area (Å²) in [7, 11) is 2.83. The highest BCUT2D eigenvalue weighted by Gasteiger charge is 2.11. The number of esters is 1. The van der Waals surface area contributed by atoms with Crippen LogP contribution in [0.3, 0.4) is 0 Å². The second-order valence-electron chi connectivity index (χ2n) is 4.56. The summed E-state index contributed by atoms with van der Waals surface area (Å²) in [5.74, 6) is -0.264. The van der Waals surface area contributed by atoms with Gasteiger partial charge in [0.2, 0.25) is 5.88 Å². The van der Waals surface area contributed by atoms with Gasteiger partial charge >= 0.3 is 5.97 Å². The van der Waals surface area contributed by atoms with Gasteiger partial charge in [0.25, 0.3) is 5.91 Å². The van der Waals surface area contributed by atoms with Gasteiger partial charge in [-0.05, 0) is 36.8 Å². The number of amides is 1. The molecule has 1 aromatic heterocycles. The van der Waals surface area contributed by atoms with Gasteiger partial charge in [-0.3, -0.25) is 4.79 Å². The van der Waals surface area contributed by atoms with Crippen LogP contribution in [0.25, 0.3) is 0 Å². The van der Waals surface area contributed by atoms with Gasteiger partial charge in [-0.25, -0.2) is 9.78 Å². The summed E-state index contributed by atoms with van der Waals surface area (Å²) in [6.07, 6.45) is 1.44. The number of carbonyl (C=O) groups is 2. The van der Waals surface area contributed by atoms with E-state index in [0.29, 0.717) is 22.7 Å². The van der Waals surface area contributed by atoms with Crippen molar-refractivity contribution in [3.8, 4) is 5.88 Å². The van der Waals surface area contributed by atoms with Crippen molar-refractivity contribution in [2.75, 3.05) is 19.5 Å². The minimum absolute atomic E-state index is 0.288. The predicted molar refractivity (Wildman–Crippen MR) is 81.3 cm³/mol. The zero-order valence-electron chi connectivity index (χ0n) is 12.5. The minimum atomic E-state index is -0.416. The molecule has 114 valence electrons. The van der Waals surface area contributed by atoms with Crippen LogP contribution in [0.4, 0.5) is 5.69 Å². The Hall–Kier alpha value is -2.89. The largest absolute Gasteiger partial charge is 0.481 e. The smallest absolute Gasteiger partial charge is 0.337 e. The fraction of sp³-hybridized carbons (Fsp3) is 0.188. The Morgan fingerprint density at radius 1 is 1.09 bits per heavy atom. The third kappa shape index (κ3) is 3.41. The highest BCUT2D eigenvalue weighted by molar-refractivity contribution is 6.04. The highest BCUT2D eigenvalue weighted by Crippen LogP contribution is 2.18. The normalized spacial score (nSPS) is 9.95. The second kappa shape index (κ2) is 6.71. The van der Waals surface area contributed by atoms with E-state index in [4.69, 9.17) is 4.74 Å². The van der Waals surface area contributed by atoms with Crippen LogP contribution < -0.4 is 10.1 Å². The van der Waals surface area contributed by atoms with E-state index < -0.39 is 5.97 Å². The number of carbonyl (C=O) groups excluding carboxylic acids is 2. The number of aryl methyl sites for hydroxylation is 1. The fourth-order valence-electron chi connectivity index (χ4n) is 1.88. The van der Waals surface area contributed by atoms with Gasteiger partial charge in [0, 0.05) is 18.0 Å². The van der Waals surface area contributed by atoms with Crippen molar-refractivity contribution < 1.29 is 19.1 Å². The second-order valence-corrected chi connectivity index (χ2v) is 4.56. The molecule has 0 aliphatic heterocycles. The summed E-state index contributed by atoms with van der Waals surface area (Å²) in [6, 6.07) is 8.16. The molecule has 0 unspecified atom stereocenters. The molecule has 1 aromatic carbocycles. The van der Waals surface area contributed by atoms with Gasteiger partial charge < -0.3 is 14.8 Å². The van der Waals surface area contributed by atoms with Gasteiger partial charge in [0.1, 0.15) is 0 Å². The maximum Gasteiger partial charge on any atom is 0.337 e. The van der Waals surface area contributed by atoms with E-state index in [0.717, 1.165) is 5.56 Å². The molecule has 2 aromatic rings. The standard InChI is InChI=1S/C16H16N2O4/c1-10-8-11(16(20)22-3)4-6-13(10)18-15(19)12-5-7-14(21-2)17-9-12/h4-9H,1-3H3,(H,18,19). The highest BCUT2D eigenvalue weighted by atomic mass is 16.5. The van der Waals surface area contributed by atoms with Gasteiger partial charge in [0.15, 0.2) is 0 Å². The zero-order valence-corrected chi connectivity index (χ0v) is 12.5. The molecule has 0 aliphatic carbocycles. The molecule has 1 heterocycles. The Balaban J connectivity index is 2.15. The van der Waals surface area contributed by atoms with Crippen molar-refractivity contribution in [1.29, 1.82) is 0 Å². The Morgan fingerprint density at radius 2 is 1.82 bits per heavy atom. The lowest BCUT2D eigenvalue weighted by molar-refractivity contribution is 0.0600. The number of nitrogens with zero attached hydrogens (tertiary/aromatic N) is 1. The van der Waals surface area contributed by atoms with Crippen LogP contribution in [0, 0.1) is 6.92 Å². The quantitative estimate of drug-likeness (QED) is 0.877. The van der Waals surface area contributed by atoms with Gasteiger partial charge in [0.05, 0.1) is 25.3 Å². The summed E-state index contributed by atoms with van der Waals surface area (Å²) in [5, 5.41) is 2.78. The molecule has 0 spiro atoms. The topological polar surface area (TPSA) is 77.5 Å². The van der Waals surface area contributed by atoms with Crippen molar-refractivity contribution >= 4 is 17.6 Å². The number of rotatable bonds is 4. The lowest BCUT2D eigenvalue weighted by Gasteiger charge is -2.10. The van der Waals surface area contributed by atoms with Crippen LogP contribution in [0.5, 0.6) is 5.88 Å². The van der Waals surface area contributed by atoms with Crippen LogP contribution in [0.15, 0.2) is 36.5 Å². The maximum absolute atomic E-state index is 12.2. The number of methoxy groups -OCH3 is 2. The van der Waals surface area contributed by atoms with Crippen molar-refractivity contribution in [3.05, 3.63) is 53.2 Å². The molecule has 0 aliphatic rings. The number of benzene rings is 1. The first-order valence-electron chi connectivity index (χ1n) is 6.55. The monoisotopic (exact) mass is 300 g/mol. The first kappa shape index (κ1) is 15.5. The number of hydrogen-bond acceptors (Lipinski definition) is 5. The summed E-state index contributed by atoms with van der Waals surface area (Å²) in [5.41, 5.74) is 2.23. The fourth-order valence-corrected chi connectivity index (χ4v) is 1.88. The predicted octanol–water partition coefficient (Wildman–Crippen LogP) is 2.44. The number of nitrogens with one attached hydrogen (secondary N) is 1. The lowest BCUT2D eigenvalue weighted by Crippen LogP contribution is -2.13. The maximum atomic E-state index is 12.2.